The third kappa shape index (κ3) is 3.84. The summed E-state index contributed by atoms with van der Waals surface area (Å²) in [6, 6.07) is 0. The lowest BCUT2D eigenvalue weighted by atomic mass is 9.98. The van der Waals surface area contributed by atoms with E-state index >= 15 is 0 Å². The molecule has 0 fully saturated rings. The largest absolute Gasteiger partial charge is 0.478 e. The molecule has 0 radical (unpaired) electrons. The van der Waals surface area contributed by atoms with Gasteiger partial charge in [0.25, 0.3) is 0 Å². The fourth-order valence-electron chi connectivity index (χ4n) is 2.11. The lowest BCUT2D eigenvalue weighted by Crippen LogP contribution is -2.23. The first-order valence-electron chi connectivity index (χ1n) is 6.73. The van der Waals surface area contributed by atoms with Gasteiger partial charge in [0.15, 0.2) is 0 Å². The topological polar surface area (TPSA) is 82.2 Å². The lowest BCUT2D eigenvalue weighted by Gasteiger charge is -2.14. The summed E-state index contributed by atoms with van der Waals surface area (Å²) in [6.07, 6.45) is 5.18. The number of unbranched alkanes of at least 4 members (excludes halogenated alkanes) is 1. The van der Waals surface area contributed by atoms with Gasteiger partial charge >= 0.3 is 5.97 Å². The predicted molar refractivity (Wildman–Crippen MR) is 74.4 cm³/mol. The number of hydrogen-bond acceptors (Lipinski definition) is 2. The monoisotopic (exact) mass is 266 g/mol. The maximum absolute atomic E-state index is 12.1. The standard InChI is InChI=1S/C14H22N2O3/c1-4-6-7-10(5-2)13(17)16-11-8-15-9(3)12(11)14(18)19/h8,10,15H,4-7H2,1-3H3,(H,16,17)(H,18,19). The molecule has 0 saturated carbocycles. The minimum absolute atomic E-state index is 0.0585. The normalized spacial score (nSPS) is 12.2. The van der Waals surface area contributed by atoms with Crippen molar-refractivity contribution in [2.75, 3.05) is 5.32 Å². The van der Waals surface area contributed by atoms with Gasteiger partial charge in [-0.05, 0) is 19.8 Å². The van der Waals surface area contributed by atoms with Crippen LogP contribution in [0.1, 0.15) is 55.6 Å². The Labute approximate surface area is 113 Å². The highest BCUT2D eigenvalue weighted by atomic mass is 16.4. The molecule has 3 N–H and O–H groups in total. The number of carboxylic acids is 1. The Balaban J connectivity index is 2.78. The Morgan fingerprint density at radius 2 is 2.11 bits per heavy atom. The highest BCUT2D eigenvalue weighted by molar-refractivity contribution is 6.02. The van der Waals surface area contributed by atoms with Crippen molar-refractivity contribution in [3.05, 3.63) is 17.5 Å². The Hall–Kier alpha value is -1.78. The molecule has 0 spiro atoms. The average Bonchev–Trinajstić information content (AvgIpc) is 2.71. The maximum atomic E-state index is 12.1. The number of H-pyrrole nitrogens is 1. The summed E-state index contributed by atoms with van der Waals surface area (Å²) >= 11 is 0. The zero-order valence-electron chi connectivity index (χ0n) is 11.7. The number of aromatic amines is 1. The molecule has 19 heavy (non-hydrogen) atoms. The van der Waals surface area contributed by atoms with Gasteiger partial charge in [0.2, 0.25) is 5.91 Å². The number of aromatic carboxylic acids is 1. The lowest BCUT2D eigenvalue weighted by molar-refractivity contribution is -0.120. The Kier molecular flexibility index (Phi) is 5.60. The van der Waals surface area contributed by atoms with E-state index in [0.29, 0.717) is 11.4 Å². The second kappa shape index (κ2) is 6.97. The van der Waals surface area contributed by atoms with Gasteiger partial charge in [-0.2, -0.15) is 0 Å². The van der Waals surface area contributed by atoms with E-state index in [4.69, 9.17) is 5.11 Å². The van der Waals surface area contributed by atoms with Crippen molar-refractivity contribution in [1.82, 2.24) is 4.98 Å². The third-order valence-electron chi connectivity index (χ3n) is 3.32. The zero-order chi connectivity index (χ0) is 14.4. The van der Waals surface area contributed by atoms with Crippen LogP contribution in [0.5, 0.6) is 0 Å². The van der Waals surface area contributed by atoms with Crippen LogP contribution in [0.25, 0.3) is 0 Å². The molecular formula is C14H22N2O3. The molecule has 1 aromatic heterocycles. The molecule has 0 aromatic carbocycles. The van der Waals surface area contributed by atoms with Crippen molar-refractivity contribution in [3.8, 4) is 0 Å². The van der Waals surface area contributed by atoms with E-state index in [0.717, 1.165) is 25.7 Å². The van der Waals surface area contributed by atoms with Gasteiger partial charge in [-0.1, -0.05) is 26.7 Å². The summed E-state index contributed by atoms with van der Waals surface area (Å²) in [5.74, 6) is -1.19. The molecule has 0 bridgehead atoms. The number of hydrogen-bond donors (Lipinski definition) is 3. The summed E-state index contributed by atoms with van der Waals surface area (Å²) in [6.45, 7) is 5.73. The van der Waals surface area contributed by atoms with Crippen LogP contribution in [-0.4, -0.2) is 22.0 Å². The van der Waals surface area contributed by atoms with E-state index in [-0.39, 0.29) is 17.4 Å². The van der Waals surface area contributed by atoms with E-state index < -0.39 is 5.97 Å². The summed E-state index contributed by atoms with van der Waals surface area (Å²) in [7, 11) is 0. The van der Waals surface area contributed by atoms with Gasteiger partial charge in [0.05, 0.1) is 5.69 Å². The van der Waals surface area contributed by atoms with Crippen LogP contribution in [0.3, 0.4) is 0 Å². The Bertz CT molecular complexity index is 452. The van der Waals surface area contributed by atoms with E-state index in [1.54, 1.807) is 6.92 Å². The number of nitrogens with one attached hydrogen (secondary N) is 2. The molecule has 0 saturated heterocycles. The second-order valence-electron chi connectivity index (χ2n) is 4.74. The number of carbonyl (C=O) groups excluding carboxylic acids is 1. The smallest absolute Gasteiger partial charge is 0.339 e. The van der Waals surface area contributed by atoms with Crippen LogP contribution in [0.4, 0.5) is 5.69 Å². The Morgan fingerprint density at radius 3 is 2.63 bits per heavy atom. The van der Waals surface area contributed by atoms with Crippen LogP contribution in [0.2, 0.25) is 0 Å². The summed E-state index contributed by atoms with van der Waals surface area (Å²) in [4.78, 5) is 26.1. The third-order valence-corrected chi connectivity index (χ3v) is 3.32. The van der Waals surface area contributed by atoms with Gasteiger partial charge in [-0.3, -0.25) is 4.79 Å². The first kappa shape index (κ1) is 15.3. The van der Waals surface area contributed by atoms with Gasteiger partial charge < -0.3 is 15.4 Å². The maximum Gasteiger partial charge on any atom is 0.339 e. The molecular weight excluding hydrogens is 244 g/mol. The SMILES string of the molecule is CCCCC(CC)C(=O)Nc1c[nH]c(C)c1C(=O)O. The number of rotatable bonds is 7. The van der Waals surface area contributed by atoms with Crippen molar-refractivity contribution in [2.24, 2.45) is 5.92 Å². The number of anilines is 1. The van der Waals surface area contributed by atoms with Crippen LogP contribution in [0.15, 0.2) is 6.20 Å². The molecule has 0 aliphatic carbocycles. The van der Waals surface area contributed by atoms with Crippen molar-refractivity contribution in [3.63, 3.8) is 0 Å². The van der Waals surface area contributed by atoms with Crippen molar-refractivity contribution in [1.29, 1.82) is 0 Å². The van der Waals surface area contributed by atoms with Gasteiger partial charge in [0, 0.05) is 17.8 Å². The average molecular weight is 266 g/mol. The first-order valence-corrected chi connectivity index (χ1v) is 6.73. The minimum atomic E-state index is -1.03. The molecule has 1 amide bonds. The molecule has 1 rings (SSSR count). The zero-order valence-corrected chi connectivity index (χ0v) is 11.7. The summed E-state index contributed by atoms with van der Waals surface area (Å²) in [5.41, 5.74) is 1.04. The number of carboxylic acid groups (broad SMARTS) is 1. The van der Waals surface area contributed by atoms with Crippen molar-refractivity contribution in [2.45, 2.75) is 46.5 Å². The number of carbonyl (C=O) groups is 2. The highest BCUT2D eigenvalue weighted by Crippen LogP contribution is 2.21. The molecule has 0 aliphatic heterocycles. The molecule has 5 nitrogen and oxygen atoms in total. The number of aryl methyl sites for hydroxylation is 1. The molecule has 1 atom stereocenters. The predicted octanol–water partition coefficient (Wildman–Crippen LogP) is 3.18. The van der Waals surface area contributed by atoms with Gasteiger partial charge in [-0.25, -0.2) is 4.79 Å². The van der Waals surface area contributed by atoms with Crippen LogP contribution in [0, 0.1) is 12.8 Å². The molecule has 1 unspecified atom stereocenters. The summed E-state index contributed by atoms with van der Waals surface area (Å²) in [5, 5.41) is 11.8. The van der Waals surface area contributed by atoms with Crippen LogP contribution < -0.4 is 5.32 Å². The molecule has 1 aromatic rings. The van der Waals surface area contributed by atoms with Crippen LogP contribution >= 0.6 is 0 Å². The number of aromatic nitrogens is 1. The van der Waals surface area contributed by atoms with Crippen molar-refractivity contribution < 1.29 is 14.7 Å². The number of amides is 1. The highest BCUT2D eigenvalue weighted by Gasteiger charge is 2.21. The van der Waals surface area contributed by atoms with Crippen molar-refractivity contribution >= 4 is 17.6 Å². The van der Waals surface area contributed by atoms with Gasteiger partial charge in [0.1, 0.15) is 5.56 Å². The first-order chi connectivity index (χ1) is 9.01. The second-order valence-corrected chi connectivity index (χ2v) is 4.74. The fourth-order valence-corrected chi connectivity index (χ4v) is 2.11. The fraction of sp³-hybridized carbons (Fsp3) is 0.571. The summed E-state index contributed by atoms with van der Waals surface area (Å²) < 4.78 is 0. The van der Waals surface area contributed by atoms with Crippen LogP contribution in [-0.2, 0) is 4.79 Å². The Morgan fingerprint density at radius 1 is 1.42 bits per heavy atom. The van der Waals surface area contributed by atoms with Gasteiger partial charge in [-0.15, -0.1) is 0 Å². The molecule has 106 valence electrons. The molecule has 0 aliphatic rings. The van der Waals surface area contributed by atoms with E-state index in [1.165, 1.54) is 6.20 Å². The van der Waals surface area contributed by atoms with E-state index in [2.05, 4.69) is 17.2 Å². The quantitative estimate of drug-likeness (QED) is 0.709. The van der Waals surface area contributed by atoms with E-state index in [1.807, 2.05) is 6.92 Å². The van der Waals surface area contributed by atoms with E-state index in [9.17, 15) is 9.59 Å². The molecule has 1 heterocycles. The minimum Gasteiger partial charge on any atom is -0.478 e. The molecule has 5 heteroatoms.